The summed E-state index contributed by atoms with van der Waals surface area (Å²) in [4.78, 5) is 8.89. The Hall–Kier alpha value is -2.70. The molecule has 3 aromatic heterocycles. The maximum Gasteiger partial charge on any atom is 0.174 e. The summed E-state index contributed by atoms with van der Waals surface area (Å²) in [5, 5.41) is 12.5. The van der Waals surface area contributed by atoms with Crippen LogP contribution in [0.5, 0.6) is 0 Å². The Morgan fingerprint density at radius 2 is 2.00 bits per heavy atom. The van der Waals surface area contributed by atoms with Crippen LogP contribution in [0.15, 0.2) is 30.7 Å². The number of rotatable bonds is 5. The predicted octanol–water partition coefficient (Wildman–Crippen LogP) is 3.20. The van der Waals surface area contributed by atoms with E-state index in [1.54, 1.807) is 12.4 Å². The molecule has 130 valence electrons. The van der Waals surface area contributed by atoms with Gasteiger partial charge in [-0.05, 0) is 38.8 Å². The van der Waals surface area contributed by atoms with Gasteiger partial charge >= 0.3 is 0 Å². The average molecular weight is 337 g/mol. The third kappa shape index (κ3) is 3.40. The van der Waals surface area contributed by atoms with Crippen LogP contribution in [0.25, 0.3) is 5.82 Å². The van der Waals surface area contributed by atoms with E-state index in [1.165, 1.54) is 25.7 Å². The Labute approximate surface area is 147 Å². The molecule has 1 saturated carbocycles. The van der Waals surface area contributed by atoms with Gasteiger partial charge in [0.1, 0.15) is 5.82 Å². The molecule has 0 bridgehead atoms. The van der Waals surface area contributed by atoms with Crippen LogP contribution >= 0.6 is 0 Å². The van der Waals surface area contributed by atoms with Gasteiger partial charge in [-0.15, -0.1) is 0 Å². The Morgan fingerprint density at radius 3 is 2.76 bits per heavy atom. The summed E-state index contributed by atoms with van der Waals surface area (Å²) in [5.74, 6) is 1.44. The molecule has 7 nitrogen and oxygen atoms in total. The number of aryl methyl sites for hydroxylation is 2. The van der Waals surface area contributed by atoms with Crippen LogP contribution in [0.3, 0.4) is 0 Å². The number of nitrogens with one attached hydrogen (secondary N) is 1. The topological polar surface area (TPSA) is 73.5 Å². The fourth-order valence-corrected chi connectivity index (χ4v) is 3.43. The van der Waals surface area contributed by atoms with E-state index in [2.05, 4.69) is 37.3 Å². The molecule has 3 aromatic rings. The predicted molar refractivity (Wildman–Crippen MR) is 95.7 cm³/mol. The first-order chi connectivity index (χ1) is 12.2. The van der Waals surface area contributed by atoms with Gasteiger partial charge < -0.3 is 5.32 Å². The molecule has 1 aliphatic rings. The van der Waals surface area contributed by atoms with Crippen molar-refractivity contribution in [1.82, 2.24) is 29.5 Å². The van der Waals surface area contributed by atoms with Crippen molar-refractivity contribution in [2.24, 2.45) is 0 Å². The number of hydrogen-bond acceptors (Lipinski definition) is 5. The van der Waals surface area contributed by atoms with Gasteiger partial charge in [0.05, 0.1) is 36.4 Å². The second-order valence-corrected chi connectivity index (χ2v) is 6.68. The van der Waals surface area contributed by atoms with Crippen molar-refractivity contribution in [3.8, 4) is 5.82 Å². The standard InChI is InChI=1S/C18H23N7/c1-13-9-14(2)25(22-13)18-12-19-11-17(21-18)20-10-15-7-8-24(23-15)16-5-3-4-6-16/h7-9,11-12,16H,3-6,10H2,1-2H3,(H,20,21). The molecule has 1 aliphatic carbocycles. The molecule has 1 N–H and O–H groups in total. The van der Waals surface area contributed by atoms with Gasteiger partial charge in [0.15, 0.2) is 5.82 Å². The molecule has 0 saturated heterocycles. The van der Waals surface area contributed by atoms with E-state index < -0.39 is 0 Å². The normalized spacial score (nSPS) is 15.0. The maximum absolute atomic E-state index is 4.69. The van der Waals surface area contributed by atoms with Crippen molar-refractivity contribution in [3.05, 3.63) is 47.8 Å². The third-order valence-corrected chi connectivity index (χ3v) is 4.66. The first kappa shape index (κ1) is 15.8. The second-order valence-electron chi connectivity index (χ2n) is 6.68. The quantitative estimate of drug-likeness (QED) is 0.774. The smallest absolute Gasteiger partial charge is 0.174 e. The summed E-state index contributed by atoms with van der Waals surface area (Å²) in [6.45, 7) is 4.62. The Balaban J connectivity index is 1.45. The first-order valence-electron chi connectivity index (χ1n) is 8.82. The molecule has 7 heteroatoms. The van der Waals surface area contributed by atoms with Gasteiger partial charge in [-0.25, -0.2) is 9.67 Å². The molecule has 0 radical (unpaired) electrons. The fourth-order valence-electron chi connectivity index (χ4n) is 3.43. The van der Waals surface area contributed by atoms with Gasteiger partial charge in [0, 0.05) is 11.9 Å². The molecular weight excluding hydrogens is 314 g/mol. The molecule has 4 rings (SSSR count). The van der Waals surface area contributed by atoms with E-state index in [4.69, 9.17) is 5.10 Å². The molecule has 0 unspecified atom stereocenters. The van der Waals surface area contributed by atoms with Gasteiger partial charge in [-0.3, -0.25) is 9.67 Å². The number of aromatic nitrogens is 6. The zero-order chi connectivity index (χ0) is 17.2. The maximum atomic E-state index is 4.69. The summed E-state index contributed by atoms with van der Waals surface area (Å²) in [7, 11) is 0. The van der Waals surface area contributed by atoms with E-state index in [1.807, 2.05) is 24.6 Å². The summed E-state index contributed by atoms with van der Waals surface area (Å²) >= 11 is 0. The summed E-state index contributed by atoms with van der Waals surface area (Å²) in [6.07, 6.45) is 10.6. The van der Waals surface area contributed by atoms with E-state index in [9.17, 15) is 0 Å². The van der Waals surface area contributed by atoms with Crippen LogP contribution in [0, 0.1) is 13.8 Å². The molecular formula is C18H23N7. The van der Waals surface area contributed by atoms with Crippen molar-refractivity contribution in [1.29, 1.82) is 0 Å². The number of nitrogens with zero attached hydrogens (tertiary/aromatic N) is 6. The van der Waals surface area contributed by atoms with Crippen LogP contribution in [0.4, 0.5) is 5.82 Å². The van der Waals surface area contributed by atoms with Gasteiger partial charge in [-0.2, -0.15) is 10.2 Å². The highest BCUT2D eigenvalue weighted by Gasteiger charge is 2.17. The van der Waals surface area contributed by atoms with E-state index in [0.29, 0.717) is 18.4 Å². The van der Waals surface area contributed by atoms with Crippen LogP contribution in [0.1, 0.15) is 48.8 Å². The highest BCUT2D eigenvalue weighted by Crippen LogP contribution is 2.28. The molecule has 3 heterocycles. The van der Waals surface area contributed by atoms with Crippen molar-refractivity contribution in [3.63, 3.8) is 0 Å². The molecule has 0 aromatic carbocycles. The Morgan fingerprint density at radius 1 is 1.16 bits per heavy atom. The molecule has 25 heavy (non-hydrogen) atoms. The lowest BCUT2D eigenvalue weighted by Gasteiger charge is -2.09. The highest BCUT2D eigenvalue weighted by atomic mass is 15.3. The minimum Gasteiger partial charge on any atom is -0.363 e. The largest absolute Gasteiger partial charge is 0.363 e. The van der Waals surface area contributed by atoms with Crippen molar-refractivity contribution in [2.75, 3.05) is 5.32 Å². The molecule has 1 fully saturated rings. The molecule has 0 spiro atoms. The molecule has 0 atom stereocenters. The number of anilines is 1. The SMILES string of the molecule is Cc1cc(C)n(-c2cncc(NCc3ccn(C4CCCC4)n3)n2)n1. The van der Waals surface area contributed by atoms with E-state index >= 15 is 0 Å². The molecule has 0 amide bonds. The monoisotopic (exact) mass is 337 g/mol. The number of hydrogen-bond donors (Lipinski definition) is 1. The zero-order valence-electron chi connectivity index (χ0n) is 14.7. The summed E-state index contributed by atoms with van der Waals surface area (Å²) in [6, 6.07) is 4.67. The summed E-state index contributed by atoms with van der Waals surface area (Å²) in [5.41, 5.74) is 3.03. The first-order valence-corrected chi connectivity index (χ1v) is 8.82. The summed E-state index contributed by atoms with van der Waals surface area (Å²) < 4.78 is 3.92. The van der Waals surface area contributed by atoms with Crippen LogP contribution in [-0.4, -0.2) is 29.5 Å². The zero-order valence-corrected chi connectivity index (χ0v) is 14.7. The van der Waals surface area contributed by atoms with E-state index in [0.717, 1.165) is 22.9 Å². The van der Waals surface area contributed by atoms with Crippen LogP contribution in [-0.2, 0) is 6.54 Å². The lowest BCUT2D eigenvalue weighted by molar-refractivity contribution is 0.463. The van der Waals surface area contributed by atoms with Gasteiger partial charge in [-0.1, -0.05) is 12.8 Å². The lowest BCUT2D eigenvalue weighted by atomic mass is 10.3. The third-order valence-electron chi connectivity index (χ3n) is 4.66. The lowest BCUT2D eigenvalue weighted by Crippen LogP contribution is -2.09. The fraction of sp³-hybridized carbons (Fsp3) is 0.444. The van der Waals surface area contributed by atoms with Gasteiger partial charge in [0.2, 0.25) is 0 Å². The van der Waals surface area contributed by atoms with Crippen LogP contribution < -0.4 is 5.32 Å². The minimum absolute atomic E-state index is 0.572. The second kappa shape index (κ2) is 6.66. The van der Waals surface area contributed by atoms with Gasteiger partial charge in [0.25, 0.3) is 0 Å². The molecule has 0 aliphatic heterocycles. The average Bonchev–Trinajstić information content (AvgIpc) is 3.33. The van der Waals surface area contributed by atoms with E-state index in [-0.39, 0.29) is 0 Å². The Bertz CT molecular complexity index is 858. The Kier molecular flexibility index (Phi) is 4.21. The highest BCUT2D eigenvalue weighted by molar-refractivity contribution is 5.37. The van der Waals surface area contributed by atoms with Crippen molar-refractivity contribution < 1.29 is 0 Å². The van der Waals surface area contributed by atoms with Crippen molar-refractivity contribution in [2.45, 2.75) is 52.1 Å². The minimum atomic E-state index is 0.572. The van der Waals surface area contributed by atoms with Crippen LogP contribution in [0.2, 0.25) is 0 Å². The van der Waals surface area contributed by atoms with Crippen molar-refractivity contribution >= 4 is 5.82 Å².